The van der Waals surface area contributed by atoms with E-state index in [9.17, 15) is 4.79 Å². The lowest BCUT2D eigenvalue weighted by Gasteiger charge is -2.14. The van der Waals surface area contributed by atoms with Gasteiger partial charge in [-0.2, -0.15) is 0 Å². The van der Waals surface area contributed by atoms with E-state index in [0.29, 0.717) is 12.3 Å². The molecule has 1 saturated carbocycles. The van der Waals surface area contributed by atoms with E-state index in [1.165, 1.54) is 16.9 Å². The molecule has 0 aliphatic heterocycles. The molecule has 0 aromatic heterocycles. The van der Waals surface area contributed by atoms with Crippen LogP contribution in [0.2, 0.25) is 0 Å². The first-order valence-electron chi connectivity index (χ1n) is 7.37. The number of benzene rings is 1. The summed E-state index contributed by atoms with van der Waals surface area (Å²) in [5.74, 6) is 1.45. The first-order chi connectivity index (χ1) is 9.65. The van der Waals surface area contributed by atoms with Gasteiger partial charge < -0.3 is 11.1 Å². The number of carbonyl (C=O) groups is 1. The molecule has 0 spiro atoms. The Labute approximate surface area is 125 Å². The highest BCUT2D eigenvalue weighted by Crippen LogP contribution is 2.26. The third kappa shape index (κ3) is 4.84. The number of nitrogens with two attached hydrogens (primary N) is 1. The average Bonchev–Trinajstić information content (AvgIpc) is 2.82. The Morgan fingerprint density at radius 1 is 1.35 bits per heavy atom. The molecule has 0 heterocycles. The maximum Gasteiger partial charge on any atom is 0.220 e. The van der Waals surface area contributed by atoms with Crippen molar-refractivity contribution in [3.8, 4) is 0 Å². The van der Waals surface area contributed by atoms with Gasteiger partial charge in [-0.1, -0.05) is 24.1 Å². The lowest BCUT2D eigenvalue weighted by molar-refractivity contribution is -0.121. The lowest BCUT2D eigenvalue weighted by atomic mass is 10.00. The Morgan fingerprint density at radius 2 is 2.10 bits per heavy atom. The molecule has 4 heteroatoms. The van der Waals surface area contributed by atoms with Crippen LogP contribution in [0.25, 0.3) is 0 Å². The number of thioether (sulfide) groups is 1. The Hall–Kier alpha value is -1.00. The molecule has 0 unspecified atom stereocenters. The highest BCUT2D eigenvalue weighted by molar-refractivity contribution is 7.99. The molecule has 3 N–H and O–H groups in total. The fourth-order valence-electron chi connectivity index (χ4n) is 2.62. The number of carbonyl (C=O) groups excluding carboxylic acids is 1. The number of hydrogen-bond acceptors (Lipinski definition) is 3. The van der Waals surface area contributed by atoms with Crippen LogP contribution in [0.4, 0.5) is 0 Å². The van der Waals surface area contributed by atoms with Gasteiger partial charge >= 0.3 is 0 Å². The summed E-state index contributed by atoms with van der Waals surface area (Å²) in [5, 5.41) is 3.00. The summed E-state index contributed by atoms with van der Waals surface area (Å²) in [6.07, 6.45) is 3.94. The van der Waals surface area contributed by atoms with Gasteiger partial charge in [-0.05, 0) is 37.8 Å². The summed E-state index contributed by atoms with van der Waals surface area (Å²) in [7, 11) is 0. The van der Waals surface area contributed by atoms with E-state index in [-0.39, 0.29) is 11.9 Å². The summed E-state index contributed by atoms with van der Waals surface area (Å²) >= 11 is 1.77. The minimum absolute atomic E-state index is 0.150. The van der Waals surface area contributed by atoms with Crippen LogP contribution < -0.4 is 11.1 Å². The van der Waals surface area contributed by atoms with Gasteiger partial charge in [0.2, 0.25) is 5.91 Å². The Balaban J connectivity index is 1.60. The maximum atomic E-state index is 11.8. The largest absolute Gasteiger partial charge is 0.355 e. The Morgan fingerprint density at radius 3 is 2.75 bits per heavy atom. The quantitative estimate of drug-likeness (QED) is 0.626. The van der Waals surface area contributed by atoms with Crippen molar-refractivity contribution in [2.45, 2.75) is 43.5 Å². The third-order valence-electron chi connectivity index (χ3n) is 3.88. The summed E-state index contributed by atoms with van der Waals surface area (Å²) in [6.45, 7) is 2.81. The van der Waals surface area contributed by atoms with Crippen molar-refractivity contribution in [1.82, 2.24) is 5.32 Å². The van der Waals surface area contributed by atoms with E-state index in [4.69, 9.17) is 5.73 Å². The standard InChI is InChI=1S/C16H24N2OS/c1-12-5-7-14(8-6-12)20-10-9-18-16(19)11-13-3-2-4-15(13)17/h5-8,13,15H,2-4,9-11,17H2,1H3,(H,18,19)/t13-,15+/m0/s1. The molecule has 2 rings (SSSR count). The molecule has 0 saturated heterocycles. The van der Waals surface area contributed by atoms with Crippen molar-refractivity contribution < 1.29 is 4.79 Å². The van der Waals surface area contributed by atoms with Gasteiger partial charge in [0.05, 0.1) is 0 Å². The van der Waals surface area contributed by atoms with Crippen LogP contribution in [0.1, 0.15) is 31.2 Å². The molecule has 1 aliphatic rings. The van der Waals surface area contributed by atoms with Gasteiger partial charge in [0.25, 0.3) is 0 Å². The molecule has 1 aromatic rings. The van der Waals surface area contributed by atoms with Crippen molar-refractivity contribution in [1.29, 1.82) is 0 Å². The summed E-state index contributed by atoms with van der Waals surface area (Å²) < 4.78 is 0. The van der Waals surface area contributed by atoms with Crippen molar-refractivity contribution in [3.05, 3.63) is 29.8 Å². The topological polar surface area (TPSA) is 55.1 Å². The molecular formula is C16H24N2OS. The summed E-state index contributed by atoms with van der Waals surface area (Å²) in [4.78, 5) is 13.1. The second kappa shape index (κ2) is 7.70. The van der Waals surface area contributed by atoms with Crippen LogP contribution in [-0.4, -0.2) is 24.2 Å². The van der Waals surface area contributed by atoms with Gasteiger partial charge in [0, 0.05) is 29.7 Å². The van der Waals surface area contributed by atoms with E-state index in [0.717, 1.165) is 25.1 Å². The predicted molar refractivity (Wildman–Crippen MR) is 84.8 cm³/mol. The molecule has 1 aliphatic carbocycles. The third-order valence-corrected chi connectivity index (χ3v) is 4.89. The second-order valence-corrected chi connectivity index (χ2v) is 6.74. The number of hydrogen-bond donors (Lipinski definition) is 2. The summed E-state index contributed by atoms with van der Waals surface area (Å²) in [5.41, 5.74) is 7.26. The molecule has 1 aromatic carbocycles. The molecular weight excluding hydrogens is 268 g/mol. The van der Waals surface area contributed by atoms with E-state index in [2.05, 4.69) is 36.5 Å². The van der Waals surface area contributed by atoms with Crippen LogP contribution >= 0.6 is 11.8 Å². The van der Waals surface area contributed by atoms with Gasteiger partial charge in [0.1, 0.15) is 0 Å². The SMILES string of the molecule is Cc1ccc(SCCNC(=O)C[C@@H]2CCC[C@H]2N)cc1. The summed E-state index contributed by atoms with van der Waals surface area (Å²) in [6, 6.07) is 8.70. The molecule has 1 fully saturated rings. The first-order valence-corrected chi connectivity index (χ1v) is 8.35. The van der Waals surface area contributed by atoms with Crippen LogP contribution in [0.3, 0.4) is 0 Å². The Kier molecular flexibility index (Phi) is 5.92. The van der Waals surface area contributed by atoms with Gasteiger partial charge in [-0.15, -0.1) is 11.8 Å². The molecule has 1 amide bonds. The van der Waals surface area contributed by atoms with E-state index >= 15 is 0 Å². The number of aryl methyl sites for hydroxylation is 1. The van der Waals surface area contributed by atoms with Crippen LogP contribution in [0, 0.1) is 12.8 Å². The van der Waals surface area contributed by atoms with Crippen LogP contribution in [0.15, 0.2) is 29.2 Å². The zero-order valence-electron chi connectivity index (χ0n) is 12.1. The monoisotopic (exact) mass is 292 g/mol. The smallest absolute Gasteiger partial charge is 0.220 e. The number of amides is 1. The zero-order valence-corrected chi connectivity index (χ0v) is 12.9. The van der Waals surface area contributed by atoms with Gasteiger partial charge in [-0.25, -0.2) is 0 Å². The zero-order chi connectivity index (χ0) is 14.4. The van der Waals surface area contributed by atoms with Crippen LogP contribution in [-0.2, 0) is 4.79 Å². The van der Waals surface area contributed by atoms with E-state index in [1.54, 1.807) is 11.8 Å². The fraction of sp³-hybridized carbons (Fsp3) is 0.562. The van der Waals surface area contributed by atoms with Crippen molar-refractivity contribution in [3.63, 3.8) is 0 Å². The molecule has 3 nitrogen and oxygen atoms in total. The lowest BCUT2D eigenvalue weighted by Crippen LogP contribution is -2.32. The van der Waals surface area contributed by atoms with Crippen molar-refractivity contribution >= 4 is 17.7 Å². The normalized spacial score (nSPS) is 21.9. The number of nitrogens with one attached hydrogen (secondary N) is 1. The molecule has 20 heavy (non-hydrogen) atoms. The first kappa shape index (κ1) is 15.4. The average molecular weight is 292 g/mol. The highest BCUT2D eigenvalue weighted by atomic mass is 32.2. The fourth-order valence-corrected chi connectivity index (χ4v) is 3.39. The highest BCUT2D eigenvalue weighted by Gasteiger charge is 2.25. The molecule has 0 radical (unpaired) electrons. The van der Waals surface area contributed by atoms with Crippen molar-refractivity contribution in [2.24, 2.45) is 11.7 Å². The van der Waals surface area contributed by atoms with Crippen LogP contribution in [0.5, 0.6) is 0 Å². The molecule has 0 bridgehead atoms. The van der Waals surface area contributed by atoms with Gasteiger partial charge in [-0.3, -0.25) is 4.79 Å². The second-order valence-electron chi connectivity index (χ2n) is 5.57. The molecule has 110 valence electrons. The van der Waals surface area contributed by atoms with Gasteiger partial charge in [0.15, 0.2) is 0 Å². The molecule has 2 atom stereocenters. The number of rotatable bonds is 6. The Bertz CT molecular complexity index is 433. The predicted octanol–water partition coefficient (Wildman–Crippen LogP) is 2.72. The van der Waals surface area contributed by atoms with Crippen molar-refractivity contribution in [2.75, 3.05) is 12.3 Å². The maximum absolute atomic E-state index is 11.8. The van der Waals surface area contributed by atoms with E-state index in [1.807, 2.05) is 0 Å². The minimum Gasteiger partial charge on any atom is -0.355 e. The van der Waals surface area contributed by atoms with E-state index < -0.39 is 0 Å². The minimum atomic E-state index is 0.150.